The smallest absolute Gasteiger partial charge is 0.267 e. The fourth-order valence-electron chi connectivity index (χ4n) is 3.59. The summed E-state index contributed by atoms with van der Waals surface area (Å²) in [5.74, 6) is 1.52. The molecule has 1 fully saturated rings. The van der Waals surface area contributed by atoms with E-state index in [2.05, 4.69) is 0 Å². The number of amides is 1. The van der Waals surface area contributed by atoms with Gasteiger partial charge in [0.1, 0.15) is 15.8 Å². The summed E-state index contributed by atoms with van der Waals surface area (Å²) in [7, 11) is 0. The van der Waals surface area contributed by atoms with Crippen LogP contribution in [0.3, 0.4) is 0 Å². The van der Waals surface area contributed by atoms with Gasteiger partial charge in [-0.1, -0.05) is 66.4 Å². The molecule has 6 heteroatoms. The van der Waals surface area contributed by atoms with E-state index in [1.54, 1.807) is 16.2 Å². The predicted molar refractivity (Wildman–Crippen MR) is 119 cm³/mol. The summed E-state index contributed by atoms with van der Waals surface area (Å²) in [6.45, 7) is 2.02. The van der Waals surface area contributed by atoms with E-state index in [4.69, 9.17) is 17.0 Å². The van der Waals surface area contributed by atoms with Crippen LogP contribution in [0.2, 0.25) is 0 Å². The van der Waals surface area contributed by atoms with Crippen LogP contribution in [0.5, 0.6) is 11.5 Å². The minimum absolute atomic E-state index is 0.0578. The lowest BCUT2D eigenvalue weighted by Crippen LogP contribution is -2.35. The van der Waals surface area contributed by atoms with Gasteiger partial charge in [0, 0.05) is 16.0 Å². The number of ether oxygens (including phenoxy) is 1. The van der Waals surface area contributed by atoms with Crippen LogP contribution in [0.25, 0.3) is 6.08 Å². The summed E-state index contributed by atoms with van der Waals surface area (Å²) in [5.41, 5.74) is 2.96. The zero-order valence-corrected chi connectivity index (χ0v) is 17.4. The Morgan fingerprint density at radius 2 is 1.89 bits per heavy atom. The molecular formula is C22H15NO2S3. The molecule has 0 saturated carbocycles. The number of para-hydroxylation sites is 2. The minimum Gasteiger partial charge on any atom is -0.456 e. The number of aryl methyl sites for hydroxylation is 1. The van der Waals surface area contributed by atoms with Gasteiger partial charge in [0.2, 0.25) is 0 Å². The van der Waals surface area contributed by atoms with Crippen molar-refractivity contribution in [2.24, 2.45) is 0 Å². The standard InChI is InChI=1S/C22H15NO2S3/c1-13-6-4-9-16-19(15-8-2-3-10-17(15)25-20(13)16)23-21(24)18(28-22(23)26)12-14-7-5-11-27-14/h2-12,19H,1H3/b18-12-/t19-/m1/s1. The highest BCUT2D eigenvalue weighted by molar-refractivity contribution is 8.26. The van der Waals surface area contributed by atoms with E-state index >= 15 is 0 Å². The first-order valence-electron chi connectivity index (χ1n) is 8.80. The molecule has 2 aliphatic heterocycles. The lowest BCUT2D eigenvalue weighted by Gasteiger charge is -2.34. The molecule has 1 aromatic heterocycles. The number of hydrogen-bond acceptors (Lipinski definition) is 5. The lowest BCUT2D eigenvalue weighted by atomic mass is 9.92. The Hall–Kier alpha value is -2.41. The summed E-state index contributed by atoms with van der Waals surface area (Å²) in [5, 5.41) is 2.00. The Morgan fingerprint density at radius 3 is 2.71 bits per heavy atom. The van der Waals surface area contributed by atoms with Crippen LogP contribution < -0.4 is 4.74 Å². The second-order valence-corrected chi connectivity index (χ2v) is 9.26. The Labute approximate surface area is 176 Å². The number of benzene rings is 2. The maximum absolute atomic E-state index is 13.4. The van der Waals surface area contributed by atoms with E-state index < -0.39 is 0 Å². The lowest BCUT2D eigenvalue weighted by molar-refractivity contribution is -0.123. The van der Waals surface area contributed by atoms with Gasteiger partial charge in [-0.2, -0.15) is 0 Å². The second kappa shape index (κ2) is 6.88. The fraction of sp³-hybridized carbons (Fsp3) is 0.0909. The van der Waals surface area contributed by atoms with Crippen molar-refractivity contribution < 1.29 is 9.53 Å². The quantitative estimate of drug-likeness (QED) is 0.366. The van der Waals surface area contributed by atoms with Gasteiger partial charge in [0.15, 0.2) is 0 Å². The van der Waals surface area contributed by atoms with E-state index in [0.29, 0.717) is 9.23 Å². The van der Waals surface area contributed by atoms with E-state index in [9.17, 15) is 4.79 Å². The van der Waals surface area contributed by atoms with E-state index in [1.165, 1.54) is 11.8 Å². The number of rotatable bonds is 2. The average molecular weight is 422 g/mol. The van der Waals surface area contributed by atoms with Gasteiger partial charge in [-0.05, 0) is 36.1 Å². The molecule has 28 heavy (non-hydrogen) atoms. The normalized spacial score (nSPS) is 19.5. The first kappa shape index (κ1) is 17.7. The van der Waals surface area contributed by atoms with E-state index in [0.717, 1.165) is 33.1 Å². The molecule has 3 heterocycles. The van der Waals surface area contributed by atoms with Crippen LogP contribution in [0.4, 0.5) is 0 Å². The molecular weight excluding hydrogens is 406 g/mol. The molecule has 1 atom stereocenters. The maximum atomic E-state index is 13.4. The van der Waals surface area contributed by atoms with Gasteiger partial charge in [-0.15, -0.1) is 11.3 Å². The highest BCUT2D eigenvalue weighted by Gasteiger charge is 2.42. The van der Waals surface area contributed by atoms with Gasteiger partial charge < -0.3 is 4.74 Å². The zero-order valence-electron chi connectivity index (χ0n) is 14.9. The van der Waals surface area contributed by atoms with Crippen LogP contribution in [-0.2, 0) is 4.79 Å². The Morgan fingerprint density at radius 1 is 1.07 bits per heavy atom. The summed E-state index contributed by atoms with van der Waals surface area (Å²) in [6.07, 6.45) is 1.92. The third-order valence-corrected chi connectivity index (χ3v) is 7.01. The molecule has 5 rings (SSSR count). The van der Waals surface area contributed by atoms with Crippen LogP contribution >= 0.6 is 35.3 Å². The van der Waals surface area contributed by atoms with Crippen molar-refractivity contribution in [3.63, 3.8) is 0 Å². The van der Waals surface area contributed by atoms with Crippen molar-refractivity contribution in [3.05, 3.63) is 86.5 Å². The number of carbonyl (C=O) groups is 1. The van der Waals surface area contributed by atoms with Gasteiger partial charge in [0.05, 0.1) is 10.9 Å². The Balaban J connectivity index is 1.64. The third-order valence-electron chi connectivity index (χ3n) is 4.86. The van der Waals surface area contributed by atoms with Gasteiger partial charge in [-0.3, -0.25) is 9.69 Å². The predicted octanol–water partition coefficient (Wildman–Crippen LogP) is 6.15. The number of carbonyl (C=O) groups excluding carboxylic acids is 1. The molecule has 1 saturated heterocycles. The highest BCUT2D eigenvalue weighted by Crippen LogP contribution is 2.50. The molecule has 0 spiro atoms. The van der Waals surface area contributed by atoms with Crippen LogP contribution in [0.15, 0.2) is 64.9 Å². The molecule has 0 N–H and O–H groups in total. The monoisotopic (exact) mass is 421 g/mol. The molecule has 2 aliphatic rings. The molecule has 0 bridgehead atoms. The van der Waals surface area contributed by atoms with Crippen molar-refractivity contribution in [1.82, 2.24) is 4.90 Å². The number of thioether (sulfide) groups is 1. The Bertz CT molecular complexity index is 1130. The number of hydrogen-bond donors (Lipinski definition) is 0. The first-order chi connectivity index (χ1) is 13.6. The summed E-state index contributed by atoms with van der Waals surface area (Å²) in [4.78, 5) is 16.8. The van der Waals surface area contributed by atoms with Gasteiger partial charge in [-0.25, -0.2) is 0 Å². The molecule has 0 radical (unpaired) electrons. The molecule has 0 unspecified atom stereocenters. The van der Waals surface area contributed by atoms with Crippen LogP contribution in [0, 0.1) is 6.92 Å². The van der Waals surface area contributed by atoms with Crippen molar-refractivity contribution in [1.29, 1.82) is 0 Å². The summed E-state index contributed by atoms with van der Waals surface area (Å²) in [6, 6.07) is 17.6. The van der Waals surface area contributed by atoms with Crippen LogP contribution in [0.1, 0.15) is 27.6 Å². The van der Waals surface area contributed by atoms with Crippen molar-refractivity contribution in [2.75, 3.05) is 0 Å². The summed E-state index contributed by atoms with van der Waals surface area (Å²) < 4.78 is 6.75. The topological polar surface area (TPSA) is 29.5 Å². The number of fused-ring (bicyclic) bond motifs is 2. The number of thiocarbonyl (C=S) groups is 1. The van der Waals surface area contributed by atoms with Crippen molar-refractivity contribution in [2.45, 2.75) is 13.0 Å². The molecule has 138 valence electrons. The first-order valence-corrected chi connectivity index (χ1v) is 10.9. The molecule has 1 amide bonds. The fourth-order valence-corrected chi connectivity index (χ4v) is 5.63. The summed E-state index contributed by atoms with van der Waals surface area (Å²) >= 11 is 8.62. The number of nitrogens with zero attached hydrogens (tertiary/aromatic N) is 1. The second-order valence-electron chi connectivity index (χ2n) is 6.60. The van der Waals surface area contributed by atoms with E-state index in [1.807, 2.05) is 73.0 Å². The molecule has 3 aromatic rings. The van der Waals surface area contributed by atoms with Crippen LogP contribution in [-0.4, -0.2) is 15.1 Å². The van der Waals surface area contributed by atoms with Crippen molar-refractivity contribution in [3.8, 4) is 11.5 Å². The molecule has 2 aromatic carbocycles. The number of thiophene rings is 1. The largest absolute Gasteiger partial charge is 0.456 e. The Kier molecular flexibility index (Phi) is 4.34. The highest BCUT2D eigenvalue weighted by atomic mass is 32.2. The SMILES string of the molecule is Cc1cccc2c1Oc1ccccc1[C@H]2N1C(=O)/C(=C/c2cccs2)SC1=S. The zero-order chi connectivity index (χ0) is 19.3. The minimum atomic E-state index is -0.290. The van der Waals surface area contributed by atoms with E-state index in [-0.39, 0.29) is 11.9 Å². The molecule has 0 aliphatic carbocycles. The van der Waals surface area contributed by atoms with Gasteiger partial charge in [0.25, 0.3) is 5.91 Å². The third kappa shape index (κ3) is 2.80. The van der Waals surface area contributed by atoms with Gasteiger partial charge >= 0.3 is 0 Å². The maximum Gasteiger partial charge on any atom is 0.267 e. The average Bonchev–Trinajstić information content (AvgIpc) is 3.30. The van der Waals surface area contributed by atoms with Crippen molar-refractivity contribution >= 4 is 51.6 Å². The molecule has 3 nitrogen and oxygen atoms in total.